The summed E-state index contributed by atoms with van der Waals surface area (Å²) in [4.78, 5) is 12.4. The molecular formula is C19H15F3N2OS. The van der Waals surface area contributed by atoms with Gasteiger partial charge in [-0.15, -0.1) is 0 Å². The smallest absolute Gasteiger partial charge is 0.351 e. The van der Waals surface area contributed by atoms with E-state index in [1.54, 1.807) is 24.3 Å². The molecule has 2 aromatic rings. The Hall–Kier alpha value is -2.67. The van der Waals surface area contributed by atoms with Crippen LogP contribution in [0.2, 0.25) is 0 Å². The lowest BCUT2D eigenvalue weighted by Gasteiger charge is -2.32. The molecule has 0 spiro atoms. The highest BCUT2D eigenvalue weighted by atomic mass is 32.1. The Bertz CT molecular complexity index is 891. The number of nitrogens with one attached hydrogen (secondary N) is 2. The van der Waals surface area contributed by atoms with Gasteiger partial charge in [0, 0.05) is 5.57 Å². The maximum atomic E-state index is 13.5. The summed E-state index contributed by atoms with van der Waals surface area (Å²) in [6, 6.07) is 13.1. The molecule has 0 saturated heterocycles. The van der Waals surface area contributed by atoms with Crippen molar-refractivity contribution in [1.82, 2.24) is 10.6 Å². The fourth-order valence-electron chi connectivity index (χ4n) is 3.02. The second kappa shape index (κ2) is 6.92. The third kappa shape index (κ3) is 3.48. The second-order valence-electron chi connectivity index (χ2n) is 5.83. The Morgan fingerprint density at radius 3 is 2.27 bits per heavy atom. The molecule has 26 heavy (non-hydrogen) atoms. The van der Waals surface area contributed by atoms with Crippen LogP contribution in [-0.2, 0) is 11.0 Å². The summed E-state index contributed by atoms with van der Waals surface area (Å²) in [6.45, 7) is 1.33. The monoisotopic (exact) mass is 376 g/mol. The summed E-state index contributed by atoms with van der Waals surface area (Å²) in [5, 5.41) is 5.90. The second-order valence-corrected chi connectivity index (χ2v) is 6.24. The molecule has 0 aromatic heterocycles. The molecule has 1 aliphatic heterocycles. The molecule has 0 unspecified atom stereocenters. The van der Waals surface area contributed by atoms with Gasteiger partial charge in [0.15, 0.2) is 10.9 Å². The molecule has 0 amide bonds. The summed E-state index contributed by atoms with van der Waals surface area (Å²) >= 11 is 5.19. The van der Waals surface area contributed by atoms with Gasteiger partial charge in [-0.25, -0.2) is 0 Å². The van der Waals surface area contributed by atoms with E-state index < -0.39 is 17.8 Å². The predicted octanol–water partition coefficient (Wildman–Crippen LogP) is 4.22. The largest absolute Gasteiger partial charge is 0.416 e. The molecule has 1 heterocycles. The number of carbonyl (C=O) groups is 1. The number of hydrogen-bond donors (Lipinski definition) is 2. The highest BCUT2D eigenvalue weighted by molar-refractivity contribution is 7.80. The van der Waals surface area contributed by atoms with E-state index in [0.717, 1.165) is 6.07 Å². The Morgan fingerprint density at radius 1 is 1.04 bits per heavy atom. The SMILES string of the molecule is CC(=O)C1=C(c2ccccc2)NC(=S)N[C@@H]1c1ccccc1C(F)(F)F. The summed E-state index contributed by atoms with van der Waals surface area (Å²) in [5.74, 6) is -0.340. The molecule has 0 radical (unpaired) electrons. The molecule has 3 rings (SSSR count). The van der Waals surface area contributed by atoms with Gasteiger partial charge in [-0.05, 0) is 36.3 Å². The zero-order chi connectivity index (χ0) is 18.9. The van der Waals surface area contributed by atoms with Gasteiger partial charge >= 0.3 is 6.18 Å². The van der Waals surface area contributed by atoms with E-state index in [1.165, 1.54) is 25.1 Å². The third-order valence-electron chi connectivity index (χ3n) is 4.09. The lowest BCUT2D eigenvalue weighted by Crippen LogP contribution is -2.45. The first kappa shape index (κ1) is 18.1. The normalized spacial score (nSPS) is 17.5. The maximum absolute atomic E-state index is 13.5. The van der Waals surface area contributed by atoms with Crippen molar-refractivity contribution in [2.75, 3.05) is 0 Å². The molecule has 1 atom stereocenters. The average molecular weight is 376 g/mol. The van der Waals surface area contributed by atoms with Crippen LogP contribution in [0.5, 0.6) is 0 Å². The lowest BCUT2D eigenvalue weighted by atomic mass is 9.88. The van der Waals surface area contributed by atoms with E-state index in [9.17, 15) is 18.0 Å². The van der Waals surface area contributed by atoms with Gasteiger partial charge < -0.3 is 10.6 Å². The number of alkyl halides is 3. The third-order valence-corrected chi connectivity index (χ3v) is 4.31. The zero-order valence-electron chi connectivity index (χ0n) is 13.7. The average Bonchev–Trinajstić information content (AvgIpc) is 2.60. The number of Topliss-reactive ketones (excluding diaryl/α,β-unsaturated/α-hetero) is 1. The number of rotatable bonds is 3. The molecule has 134 valence electrons. The van der Waals surface area contributed by atoms with E-state index in [2.05, 4.69) is 10.6 Å². The molecule has 7 heteroatoms. The van der Waals surface area contributed by atoms with Crippen molar-refractivity contribution in [2.45, 2.75) is 19.1 Å². The van der Waals surface area contributed by atoms with Gasteiger partial charge in [0.2, 0.25) is 0 Å². The molecule has 0 fully saturated rings. The minimum atomic E-state index is -4.54. The van der Waals surface area contributed by atoms with Gasteiger partial charge in [0.25, 0.3) is 0 Å². The maximum Gasteiger partial charge on any atom is 0.416 e. The Labute approximate surface area is 153 Å². The number of hydrogen-bond acceptors (Lipinski definition) is 2. The van der Waals surface area contributed by atoms with E-state index in [-0.39, 0.29) is 22.0 Å². The summed E-state index contributed by atoms with van der Waals surface area (Å²) in [5.41, 5.74) is 0.470. The number of halogens is 3. The van der Waals surface area contributed by atoms with Crippen molar-refractivity contribution in [1.29, 1.82) is 0 Å². The molecule has 0 saturated carbocycles. The Kier molecular flexibility index (Phi) is 4.82. The molecule has 2 N–H and O–H groups in total. The highest BCUT2D eigenvalue weighted by Crippen LogP contribution is 2.39. The number of thiocarbonyl (C=S) groups is 1. The number of carbonyl (C=O) groups excluding carboxylic acids is 1. The number of benzene rings is 2. The van der Waals surface area contributed by atoms with Crippen molar-refractivity contribution in [2.24, 2.45) is 0 Å². The first-order valence-electron chi connectivity index (χ1n) is 7.83. The highest BCUT2D eigenvalue weighted by Gasteiger charge is 2.38. The first-order valence-corrected chi connectivity index (χ1v) is 8.24. The van der Waals surface area contributed by atoms with Crippen LogP contribution in [0.15, 0.2) is 60.2 Å². The van der Waals surface area contributed by atoms with Crippen molar-refractivity contribution in [3.63, 3.8) is 0 Å². The van der Waals surface area contributed by atoms with Gasteiger partial charge in [-0.3, -0.25) is 4.79 Å². The minimum absolute atomic E-state index is 0.0394. The van der Waals surface area contributed by atoms with E-state index in [0.29, 0.717) is 11.3 Å². The van der Waals surface area contributed by atoms with E-state index >= 15 is 0 Å². The summed E-state index contributed by atoms with van der Waals surface area (Å²) in [7, 11) is 0. The minimum Gasteiger partial charge on any atom is -0.351 e. The molecule has 0 bridgehead atoms. The zero-order valence-corrected chi connectivity index (χ0v) is 14.5. The van der Waals surface area contributed by atoms with Gasteiger partial charge in [0.05, 0.1) is 17.3 Å². The molecule has 3 nitrogen and oxygen atoms in total. The Morgan fingerprint density at radius 2 is 1.65 bits per heavy atom. The standard InChI is InChI=1S/C19H15F3N2OS/c1-11(25)15-16(12-7-3-2-4-8-12)23-18(26)24-17(15)13-9-5-6-10-14(13)19(20,21)22/h2-10,17H,1H3,(H2,23,24,26)/t17-/m1/s1. The van der Waals surface area contributed by atoms with Crippen LogP contribution in [0.1, 0.15) is 29.7 Å². The number of ketones is 1. The van der Waals surface area contributed by atoms with Crippen LogP contribution in [0, 0.1) is 0 Å². The van der Waals surface area contributed by atoms with Crippen molar-refractivity contribution >= 4 is 28.8 Å². The predicted molar refractivity (Wildman–Crippen MR) is 97.1 cm³/mol. The van der Waals surface area contributed by atoms with Crippen molar-refractivity contribution in [3.05, 3.63) is 76.9 Å². The van der Waals surface area contributed by atoms with Crippen LogP contribution >= 0.6 is 12.2 Å². The quantitative estimate of drug-likeness (QED) is 0.787. The summed E-state index contributed by atoms with van der Waals surface area (Å²) < 4.78 is 40.4. The van der Waals surface area contributed by atoms with Crippen LogP contribution in [0.3, 0.4) is 0 Å². The lowest BCUT2D eigenvalue weighted by molar-refractivity contribution is -0.138. The van der Waals surface area contributed by atoms with E-state index in [1.807, 2.05) is 6.07 Å². The first-order chi connectivity index (χ1) is 12.3. The van der Waals surface area contributed by atoms with Crippen LogP contribution in [0.25, 0.3) is 5.70 Å². The van der Waals surface area contributed by atoms with Crippen LogP contribution in [-0.4, -0.2) is 10.9 Å². The van der Waals surface area contributed by atoms with Crippen LogP contribution in [0.4, 0.5) is 13.2 Å². The van der Waals surface area contributed by atoms with Gasteiger partial charge in [-0.2, -0.15) is 13.2 Å². The molecular weight excluding hydrogens is 361 g/mol. The van der Waals surface area contributed by atoms with E-state index in [4.69, 9.17) is 12.2 Å². The van der Waals surface area contributed by atoms with Crippen LogP contribution < -0.4 is 10.6 Å². The van der Waals surface area contributed by atoms with Crippen molar-refractivity contribution < 1.29 is 18.0 Å². The molecule has 2 aromatic carbocycles. The van der Waals surface area contributed by atoms with Gasteiger partial charge in [-0.1, -0.05) is 48.5 Å². The van der Waals surface area contributed by atoms with Crippen molar-refractivity contribution in [3.8, 4) is 0 Å². The molecule has 0 aliphatic carbocycles. The summed E-state index contributed by atoms with van der Waals surface area (Å²) in [6.07, 6.45) is -4.54. The Balaban J connectivity index is 2.24. The fraction of sp³-hybridized carbons (Fsp3) is 0.158. The van der Waals surface area contributed by atoms with Gasteiger partial charge in [0.1, 0.15) is 0 Å². The fourth-order valence-corrected chi connectivity index (χ4v) is 3.24. The topological polar surface area (TPSA) is 41.1 Å². The molecule has 1 aliphatic rings.